The molecule has 98 valence electrons. The van der Waals surface area contributed by atoms with Gasteiger partial charge in [0.05, 0.1) is 6.61 Å². The van der Waals surface area contributed by atoms with Crippen LogP contribution in [0.25, 0.3) is 0 Å². The first kappa shape index (κ1) is 14.5. The summed E-state index contributed by atoms with van der Waals surface area (Å²) in [6, 6.07) is 5.05. The Labute approximate surface area is 110 Å². The Kier molecular flexibility index (Phi) is 5.12. The van der Waals surface area contributed by atoms with Crippen LogP contribution in [-0.4, -0.2) is 42.0 Å². The van der Waals surface area contributed by atoms with Crippen molar-refractivity contribution in [2.24, 2.45) is 0 Å². The lowest BCUT2D eigenvalue weighted by Crippen LogP contribution is -2.38. The van der Waals surface area contributed by atoms with Gasteiger partial charge in [-0.2, -0.15) is 0 Å². The normalized spacial score (nSPS) is 10.0. The minimum Gasteiger partial charge on any atom is -0.395 e. The number of benzene rings is 1. The summed E-state index contributed by atoms with van der Waals surface area (Å²) in [6.07, 6.45) is 0. The van der Waals surface area contributed by atoms with Gasteiger partial charge in [0.25, 0.3) is 0 Å². The van der Waals surface area contributed by atoms with Gasteiger partial charge in [0.15, 0.2) is 0 Å². The molecule has 6 heteroatoms. The van der Waals surface area contributed by atoms with Crippen molar-refractivity contribution in [3.63, 3.8) is 0 Å². The van der Waals surface area contributed by atoms with E-state index in [1.807, 2.05) is 0 Å². The number of carbonyl (C=O) groups excluding carboxylic acids is 2. The van der Waals surface area contributed by atoms with Crippen LogP contribution in [0, 0.1) is 6.92 Å². The minimum absolute atomic E-state index is 0.112. The summed E-state index contributed by atoms with van der Waals surface area (Å²) in [4.78, 5) is 24.4. The third-order valence-corrected chi connectivity index (χ3v) is 2.90. The number of carbonyl (C=O) groups is 2. The van der Waals surface area contributed by atoms with Gasteiger partial charge in [0, 0.05) is 24.3 Å². The van der Waals surface area contributed by atoms with Crippen LogP contribution >= 0.6 is 11.6 Å². The lowest BCUT2D eigenvalue weighted by molar-refractivity contribution is -0.142. The maximum absolute atomic E-state index is 11.7. The van der Waals surface area contributed by atoms with Gasteiger partial charge in [-0.15, -0.1) is 0 Å². The topological polar surface area (TPSA) is 69.6 Å². The molecule has 0 aliphatic heterocycles. The highest BCUT2D eigenvalue weighted by Gasteiger charge is 2.19. The summed E-state index contributed by atoms with van der Waals surface area (Å²) in [5, 5.41) is 11.7. The number of halogens is 1. The number of rotatable bonds is 3. The van der Waals surface area contributed by atoms with Crippen LogP contribution in [0.15, 0.2) is 18.2 Å². The van der Waals surface area contributed by atoms with E-state index in [9.17, 15) is 9.59 Å². The average Bonchev–Trinajstić information content (AvgIpc) is 2.34. The molecule has 0 radical (unpaired) electrons. The quantitative estimate of drug-likeness (QED) is 0.807. The SMILES string of the molecule is Cc1c(Cl)cccc1NC(=O)C(=O)N(C)CCO. The van der Waals surface area contributed by atoms with E-state index in [-0.39, 0.29) is 13.2 Å². The van der Waals surface area contributed by atoms with Crippen LogP contribution in [0.2, 0.25) is 5.02 Å². The number of likely N-dealkylation sites (N-methyl/N-ethyl adjacent to an activating group) is 1. The zero-order valence-corrected chi connectivity index (χ0v) is 11.0. The van der Waals surface area contributed by atoms with E-state index in [4.69, 9.17) is 16.7 Å². The Balaban J connectivity index is 2.76. The molecule has 5 nitrogen and oxygen atoms in total. The Morgan fingerprint density at radius 2 is 2.11 bits per heavy atom. The highest BCUT2D eigenvalue weighted by molar-refractivity contribution is 6.39. The molecule has 0 unspecified atom stereocenters. The number of aliphatic hydroxyl groups is 1. The van der Waals surface area contributed by atoms with Gasteiger partial charge in [0.1, 0.15) is 0 Å². The van der Waals surface area contributed by atoms with Gasteiger partial charge in [-0.25, -0.2) is 0 Å². The van der Waals surface area contributed by atoms with Gasteiger partial charge >= 0.3 is 11.8 Å². The Bertz CT molecular complexity index is 463. The molecule has 1 aromatic carbocycles. The molecule has 1 aromatic rings. The summed E-state index contributed by atoms with van der Waals surface area (Å²) in [7, 11) is 1.45. The fraction of sp³-hybridized carbons (Fsp3) is 0.333. The Morgan fingerprint density at radius 3 is 2.72 bits per heavy atom. The lowest BCUT2D eigenvalue weighted by atomic mass is 10.2. The molecule has 0 saturated heterocycles. The largest absolute Gasteiger partial charge is 0.395 e. The molecule has 0 bridgehead atoms. The van der Waals surface area contributed by atoms with Gasteiger partial charge < -0.3 is 15.3 Å². The molecule has 1 rings (SSSR count). The van der Waals surface area contributed by atoms with E-state index in [0.29, 0.717) is 16.3 Å². The highest BCUT2D eigenvalue weighted by atomic mass is 35.5. The number of amides is 2. The first-order valence-corrected chi connectivity index (χ1v) is 5.77. The molecule has 0 heterocycles. The third-order valence-electron chi connectivity index (χ3n) is 2.49. The van der Waals surface area contributed by atoms with Gasteiger partial charge in [-0.3, -0.25) is 9.59 Å². The van der Waals surface area contributed by atoms with Gasteiger partial charge in [-0.05, 0) is 24.6 Å². The smallest absolute Gasteiger partial charge is 0.313 e. The van der Waals surface area contributed by atoms with E-state index in [2.05, 4.69) is 5.32 Å². The van der Waals surface area contributed by atoms with Crippen molar-refractivity contribution < 1.29 is 14.7 Å². The average molecular weight is 271 g/mol. The predicted molar refractivity (Wildman–Crippen MR) is 69.5 cm³/mol. The number of hydrogen-bond donors (Lipinski definition) is 2. The summed E-state index contributed by atoms with van der Waals surface area (Å²) < 4.78 is 0. The molecule has 18 heavy (non-hydrogen) atoms. The molecule has 2 N–H and O–H groups in total. The number of nitrogens with zero attached hydrogens (tertiary/aromatic N) is 1. The van der Waals surface area contributed by atoms with Crippen molar-refractivity contribution in [1.29, 1.82) is 0 Å². The number of nitrogens with one attached hydrogen (secondary N) is 1. The van der Waals surface area contributed by atoms with E-state index in [0.717, 1.165) is 4.90 Å². The second-order valence-corrected chi connectivity index (χ2v) is 4.22. The first-order chi connectivity index (χ1) is 8.47. The number of aliphatic hydroxyl groups excluding tert-OH is 1. The lowest BCUT2D eigenvalue weighted by Gasteiger charge is -2.15. The molecule has 0 aromatic heterocycles. The second kappa shape index (κ2) is 6.37. The standard InChI is InChI=1S/C12H15ClN2O3/c1-8-9(13)4-3-5-10(8)14-11(17)12(18)15(2)6-7-16/h3-5,16H,6-7H2,1-2H3,(H,14,17). The van der Waals surface area contributed by atoms with Crippen LogP contribution in [0.5, 0.6) is 0 Å². The number of hydrogen-bond acceptors (Lipinski definition) is 3. The predicted octanol–water partition coefficient (Wildman–Crippen LogP) is 1.04. The van der Waals surface area contributed by atoms with Crippen molar-refractivity contribution in [2.45, 2.75) is 6.92 Å². The van der Waals surface area contributed by atoms with E-state index >= 15 is 0 Å². The molecule has 0 aliphatic rings. The molecule has 0 saturated carbocycles. The van der Waals surface area contributed by atoms with Crippen LogP contribution < -0.4 is 5.32 Å². The molecular weight excluding hydrogens is 256 g/mol. The Morgan fingerprint density at radius 1 is 1.44 bits per heavy atom. The summed E-state index contributed by atoms with van der Waals surface area (Å²) in [5.74, 6) is -1.46. The van der Waals surface area contributed by atoms with Crippen LogP contribution in [-0.2, 0) is 9.59 Å². The van der Waals surface area contributed by atoms with Crippen molar-refractivity contribution >= 4 is 29.1 Å². The summed E-state index contributed by atoms with van der Waals surface area (Å²) in [5.41, 5.74) is 1.20. The summed E-state index contributed by atoms with van der Waals surface area (Å²) >= 11 is 5.91. The van der Waals surface area contributed by atoms with Crippen molar-refractivity contribution in [1.82, 2.24) is 4.90 Å². The van der Waals surface area contributed by atoms with Crippen LogP contribution in [0.4, 0.5) is 5.69 Å². The minimum atomic E-state index is -0.753. The van der Waals surface area contributed by atoms with Crippen molar-refractivity contribution in [2.75, 3.05) is 25.5 Å². The zero-order chi connectivity index (χ0) is 13.7. The van der Waals surface area contributed by atoms with Crippen LogP contribution in [0.1, 0.15) is 5.56 Å². The summed E-state index contributed by atoms with van der Waals surface area (Å²) in [6.45, 7) is 1.67. The first-order valence-electron chi connectivity index (χ1n) is 5.39. The highest BCUT2D eigenvalue weighted by Crippen LogP contribution is 2.22. The van der Waals surface area contributed by atoms with Crippen LogP contribution in [0.3, 0.4) is 0 Å². The maximum Gasteiger partial charge on any atom is 0.313 e. The van der Waals surface area contributed by atoms with Gasteiger partial charge in [0.2, 0.25) is 0 Å². The van der Waals surface area contributed by atoms with E-state index in [1.165, 1.54) is 7.05 Å². The molecule has 0 atom stereocenters. The molecule has 0 fully saturated rings. The molecule has 0 spiro atoms. The second-order valence-electron chi connectivity index (χ2n) is 3.82. The van der Waals surface area contributed by atoms with Gasteiger partial charge in [-0.1, -0.05) is 17.7 Å². The van der Waals surface area contributed by atoms with Crippen molar-refractivity contribution in [3.05, 3.63) is 28.8 Å². The fourth-order valence-electron chi connectivity index (χ4n) is 1.34. The zero-order valence-electron chi connectivity index (χ0n) is 10.2. The fourth-order valence-corrected chi connectivity index (χ4v) is 1.52. The Hall–Kier alpha value is -1.59. The molecular formula is C12H15ClN2O3. The van der Waals surface area contributed by atoms with E-state index in [1.54, 1.807) is 25.1 Å². The maximum atomic E-state index is 11.7. The van der Waals surface area contributed by atoms with E-state index < -0.39 is 11.8 Å². The molecule has 0 aliphatic carbocycles. The monoisotopic (exact) mass is 270 g/mol. The third kappa shape index (κ3) is 3.45. The molecule has 2 amide bonds. The number of anilines is 1. The van der Waals surface area contributed by atoms with Crippen molar-refractivity contribution in [3.8, 4) is 0 Å².